The van der Waals surface area contributed by atoms with E-state index in [-0.39, 0.29) is 155 Å². The lowest BCUT2D eigenvalue weighted by atomic mass is 9.93. The highest BCUT2D eigenvalue weighted by Crippen LogP contribution is 2.48. The molecule has 8 aromatic rings. The number of carbonyl (C=O) groups is 5. The van der Waals surface area contributed by atoms with Gasteiger partial charge in [-0.3, -0.25) is 24.0 Å². The van der Waals surface area contributed by atoms with E-state index < -0.39 is 94.3 Å². The van der Waals surface area contributed by atoms with Gasteiger partial charge in [-0.25, -0.2) is 13.1 Å². The molecule has 5 heterocycles. The normalized spacial score (nSPS) is 19.6. The monoisotopic (exact) mass is 1750 g/mol. The van der Waals surface area contributed by atoms with Crippen molar-refractivity contribution in [3.05, 3.63) is 173 Å². The van der Waals surface area contributed by atoms with Crippen LogP contribution in [0.5, 0.6) is 23.0 Å². The minimum absolute atomic E-state index is 0.000677. The summed E-state index contributed by atoms with van der Waals surface area (Å²) in [5, 5.41) is 78.0. The number of nitrogens with one attached hydrogen (secondary N) is 2. The van der Waals surface area contributed by atoms with E-state index in [9.17, 15) is 71.4 Å². The number of Topliss-reactive ketones (excluding diaryl/α,β-unsaturated/α-hetero) is 1. The summed E-state index contributed by atoms with van der Waals surface area (Å²) in [6.45, 7) is 7.79. The second kappa shape index (κ2) is 44.7. The molecule has 7 aromatic carbocycles. The minimum Gasteiger partial charge on any atom is -0.464 e. The molecule has 0 spiro atoms. The van der Waals surface area contributed by atoms with E-state index in [1.165, 1.54) is 54.6 Å². The molecule has 0 radical (unpaired) electrons. The number of benzene rings is 7. The van der Waals surface area contributed by atoms with Crippen LogP contribution < -0.4 is 38.3 Å². The fourth-order valence-corrected chi connectivity index (χ4v) is 16.7. The Bertz CT molecular complexity index is 5120. The molecule has 4 aliphatic heterocycles. The van der Waals surface area contributed by atoms with Crippen LogP contribution in [0.25, 0.3) is 21.5 Å². The molecule has 2 saturated heterocycles. The molecule has 12 rings (SSSR count). The van der Waals surface area contributed by atoms with Crippen molar-refractivity contribution in [3.8, 4) is 23.0 Å². The van der Waals surface area contributed by atoms with Gasteiger partial charge in [-0.1, -0.05) is 90.5 Å². The zero-order valence-electron chi connectivity index (χ0n) is 68.3. The molecule has 8 N–H and O–H groups in total. The van der Waals surface area contributed by atoms with Crippen molar-refractivity contribution in [2.45, 2.75) is 138 Å². The summed E-state index contributed by atoms with van der Waals surface area (Å²) < 4.78 is 130. The first kappa shape index (κ1) is 92.4. The van der Waals surface area contributed by atoms with Crippen molar-refractivity contribution in [3.63, 3.8) is 0 Å². The number of aliphatic hydroxyl groups excluding tert-OH is 6. The van der Waals surface area contributed by atoms with Crippen LogP contribution in [0.2, 0.25) is 0 Å². The number of ketones is 1. The first-order valence-corrected chi connectivity index (χ1v) is 44.0. The van der Waals surface area contributed by atoms with Crippen molar-refractivity contribution < 1.29 is 132 Å². The van der Waals surface area contributed by atoms with E-state index in [0.717, 1.165) is 33.5 Å². The standard InChI is InChI=1S/C86H105N7O28S2/c1-3-56-50-93(79(100)14-8-13-78(99)92-29-25-63-62-9-4-5-10-64(62)73(46-67(63)92)117-81-49-71(98)84(102)77(53-95)119-81)68-47-74(65-11-6-7-12-66(65)82(56)68)120-123(107,108)121-75-45-59(21-24-72(75)116-80-48-70(97)83(101)76(52-94)118-80)86(104)88-28-32-110-34-37-112-39-36-111-33-30-91-51-60(89-90-91)54-115-43-42-114-41-40-113-38-35-109-31-27-87-85(103)58-19-17-57(18-20-58)69(96)26-44-122(105,106)61-22-15-55(2)16-23-61/h4-7,9-12,15-24,45-47,51,56,70-71,76-77,80-81,83-84,94-95,97-98,101-102H,3,8,13-14,25-44,48-50,52-54H2,1-2H3,(H,87,103)(H,88,104)/t56-,70?,71-,76-,77?,80-,81-,83-,84-/m1/s1. The highest BCUT2D eigenvalue weighted by Gasteiger charge is 2.41. The van der Waals surface area contributed by atoms with Crippen molar-refractivity contribution in [1.29, 1.82) is 0 Å². The van der Waals surface area contributed by atoms with Crippen LogP contribution in [0, 0.1) is 6.92 Å². The van der Waals surface area contributed by atoms with Gasteiger partial charge in [0.05, 0.1) is 153 Å². The topological polar surface area (TPSA) is 456 Å². The van der Waals surface area contributed by atoms with Gasteiger partial charge in [0.2, 0.25) is 24.4 Å². The van der Waals surface area contributed by atoms with Gasteiger partial charge in [-0.2, -0.15) is 0 Å². The first-order valence-electron chi connectivity index (χ1n) is 41.0. The number of nitrogens with zero attached hydrogens (tertiary/aromatic N) is 5. The highest BCUT2D eigenvalue weighted by atomic mass is 32.3. The van der Waals surface area contributed by atoms with Gasteiger partial charge in [-0.15, -0.1) is 13.5 Å². The van der Waals surface area contributed by atoms with Crippen molar-refractivity contribution in [2.75, 3.05) is 141 Å². The number of aromatic nitrogens is 3. The Morgan fingerprint density at radius 1 is 0.537 bits per heavy atom. The van der Waals surface area contributed by atoms with Crippen LogP contribution in [0.3, 0.4) is 0 Å². The van der Waals surface area contributed by atoms with E-state index in [2.05, 4.69) is 20.9 Å². The van der Waals surface area contributed by atoms with Gasteiger partial charge in [0.15, 0.2) is 32.9 Å². The summed E-state index contributed by atoms with van der Waals surface area (Å²) in [6, 6.07) is 33.9. The van der Waals surface area contributed by atoms with Gasteiger partial charge in [0.25, 0.3) is 11.8 Å². The van der Waals surface area contributed by atoms with Gasteiger partial charge in [0.1, 0.15) is 35.9 Å². The first-order chi connectivity index (χ1) is 59.5. The molecule has 1 aromatic heterocycles. The lowest BCUT2D eigenvalue weighted by Crippen LogP contribution is -2.51. The minimum atomic E-state index is -5.19. The molecule has 0 saturated carbocycles. The number of fused-ring (bicyclic) bond motifs is 6. The third-order valence-corrected chi connectivity index (χ3v) is 23.7. The maximum Gasteiger partial charge on any atom is 0.501 e. The van der Waals surface area contributed by atoms with Crippen molar-refractivity contribution in [2.24, 2.45) is 0 Å². The molecule has 9 atom stereocenters. The zero-order valence-corrected chi connectivity index (χ0v) is 70.0. The molecule has 664 valence electrons. The predicted octanol–water partition coefficient (Wildman–Crippen LogP) is 5.13. The molecule has 0 bridgehead atoms. The average molecular weight is 1750 g/mol. The van der Waals surface area contributed by atoms with Crippen LogP contribution in [0.1, 0.15) is 111 Å². The molecule has 2 fully saturated rings. The lowest BCUT2D eigenvalue weighted by Gasteiger charge is -2.36. The van der Waals surface area contributed by atoms with E-state index in [1.807, 2.05) is 38.1 Å². The Morgan fingerprint density at radius 2 is 1.05 bits per heavy atom. The molecule has 123 heavy (non-hydrogen) atoms. The van der Waals surface area contributed by atoms with Gasteiger partial charge >= 0.3 is 10.4 Å². The second-order valence-electron chi connectivity index (χ2n) is 29.8. The number of hydrogen-bond donors (Lipinski definition) is 8. The Balaban J connectivity index is 0.530. The largest absolute Gasteiger partial charge is 0.501 e. The quantitative estimate of drug-likeness (QED) is 0.0181. The SMILES string of the molecule is CC[C@@H]1CN(C(=O)CCCC(=O)N2CCc3c2cc(O[C@H]2C[C@@H](O)[C@@H](O)C(CO)O2)c2ccccc32)c2cc(OS(=O)(=O)Oc3cc(C(=O)NCCOCCOCCOCCn4cc(COCCOCCOCCOCCNC(=O)c5ccc(C(=O)CCS(=O)(=O)c6ccc(C)cc6)cc5)nn4)ccc3O[C@H]3CC(O)[C@@H](O)[C@@H](CO)O3)c3ccccc3c21. The summed E-state index contributed by atoms with van der Waals surface area (Å²) in [4.78, 5) is 71.1. The van der Waals surface area contributed by atoms with Gasteiger partial charge in [0, 0.05) is 104 Å². The highest BCUT2D eigenvalue weighted by molar-refractivity contribution is 7.91. The Kier molecular flexibility index (Phi) is 33.6. The van der Waals surface area contributed by atoms with Crippen LogP contribution >= 0.6 is 0 Å². The van der Waals surface area contributed by atoms with Gasteiger partial charge in [-0.05, 0) is 90.6 Å². The summed E-state index contributed by atoms with van der Waals surface area (Å²) in [6.07, 6.45) is -7.59. The summed E-state index contributed by atoms with van der Waals surface area (Å²) in [7, 11) is -8.80. The van der Waals surface area contributed by atoms with Crippen LogP contribution in [0.4, 0.5) is 11.4 Å². The average Bonchev–Trinajstić information content (AvgIpc) is 1.60. The number of aliphatic hydroxyl groups is 6. The maximum atomic E-state index is 14.5. The fourth-order valence-electron chi connectivity index (χ4n) is 14.7. The number of carbonyl (C=O) groups excluding carboxylic acids is 5. The second-order valence-corrected chi connectivity index (χ2v) is 33.0. The maximum absolute atomic E-state index is 14.5. The number of hydrogen-bond acceptors (Lipinski definition) is 30. The van der Waals surface area contributed by atoms with Gasteiger partial charge < -0.3 is 112 Å². The molecule has 37 heteroatoms. The number of amides is 4. The Labute approximate surface area is 711 Å². The molecule has 2 unspecified atom stereocenters. The van der Waals surface area contributed by atoms with Crippen LogP contribution in [0.15, 0.2) is 138 Å². The molecule has 4 aliphatic rings. The molecular formula is C86H105N7O28S2. The number of aryl methyl sites for hydroxylation is 1. The summed E-state index contributed by atoms with van der Waals surface area (Å²) >= 11 is 0. The summed E-state index contributed by atoms with van der Waals surface area (Å²) in [5.41, 5.74) is 4.89. The molecule has 4 amide bonds. The third kappa shape index (κ3) is 25.1. The fraction of sp³-hybridized carbons (Fsp3) is 0.477. The van der Waals surface area contributed by atoms with Crippen molar-refractivity contribution in [1.82, 2.24) is 25.6 Å². The molecule has 0 aliphatic carbocycles. The number of ether oxygens (including phenoxy) is 11. The number of sulfone groups is 1. The number of anilines is 2. The van der Waals surface area contributed by atoms with E-state index >= 15 is 0 Å². The van der Waals surface area contributed by atoms with Crippen LogP contribution in [-0.2, 0) is 92.0 Å². The molecular weight excluding hydrogens is 1640 g/mol. The number of rotatable bonds is 48. The van der Waals surface area contributed by atoms with Crippen LogP contribution in [-0.4, -0.2) is 272 Å². The summed E-state index contributed by atoms with van der Waals surface area (Å²) in [5.74, 6) is -3.02. The molecule has 35 nitrogen and oxygen atoms in total. The van der Waals surface area contributed by atoms with E-state index in [4.69, 9.17) is 60.5 Å². The smallest absolute Gasteiger partial charge is 0.464 e. The zero-order chi connectivity index (χ0) is 87.0. The Morgan fingerprint density at radius 3 is 1.65 bits per heavy atom. The lowest BCUT2D eigenvalue weighted by molar-refractivity contribution is -0.230. The Hall–Kier alpha value is -9.75. The van der Waals surface area contributed by atoms with E-state index in [1.54, 1.807) is 63.1 Å². The van der Waals surface area contributed by atoms with Crippen molar-refractivity contribution >= 4 is 82.6 Å². The predicted molar refractivity (Wildman–Crippen MR) is 444 cm³/mol. The van der Waals surface area contributed by atoms with E-state index in [0.29, 0.717) is 124 Å². The third-order valence-electron chi connectivity index (χ3n) is 21.2.